The van der Waals surface area contributed by atoms with Gasteiger partial charge in [0.2, 0.25) is 5.91 Å². The van der Waals surface area contributed by atoms with Crippen LogP contribution in [0, 0.1) is 0 Å². The number of hydrogen-bond acceptors (Lipinski definition) is 3. The fraction of sp³-hybridized carbons (Fsp3) is 0.318. The lowest BCUT2D eigenvalue weighted by molar-refractivity contribution is -0.132. The van der Waals surface area contributed by atoms with E-state index >= 15 is 0 Å². The van der Waals surface area contributed by atoms with Crippen LogP contribution in [0.3, 0.4) is 0 Å². The van der Waals surface area contributed by atoms with E-state index in [1.807, 2.05) is 54.6 Å². The van der Waals surface area contributed by atoms with Crippen LogP contribution in [-0.2, 0) is 21.5 Å². The van der Waals surface area contributed by atoms with Gasteiger partial charge in [0, 0.05) is 56.9 Å². The standard InChI is InChI=1S/C22H26N4O3S/c1-23(2)30(28,29)25-14-12-24(13-15-25)22(27)17-26-20-11-7-6-10-19(20)16-21(26)18-8-4-3-5-9-18/h3-11,16H,12-15,17H2,1-2H3. The van der Waals surface area contributed by atoms with E-state index < -0.39 is 10.2 Å². The molecule has 1 amide bonds. The van der Waals surface area contributed by atoms with Crippen molar-refractivity contribution in [1.29, 1.82) is 0 Å². The molecule has 3 aromatic rings. The van der Waals surface area contributed by atoms with E-state index in [1.54, 1.807) is 4.90 Å². The minimum absolute atomic E-state index is 0.00423. The summed E-state index contributed by atoms with van der Waals surface area (Å²) in [5.74, 6) is -0.00423. The Balaban J connectivity index is 1.56. The van der Waals surface area contributed by atoms with E-state index in [0.717, 1.165) is 22.2 Å². The lowest BCUT2D eigenvalue weighted by Crippen LogP contribution is -2.53. The van der Waals surface area contributed by atoms with E-state index in [2.05, 4.69) is 10.6 Å². The molecule has 0 N–H and O–H groups in total. The molecule has 1 saturated heterocycles. The zero-order valence-corrected chi connectivity index (χ0v) is 18.0. The van der Waals surface area contributed by atoms with Crippen molar-refractivity contribution in [3.05, 3.63) is 60.7 Å². The molecule has 2 aromatic carbocycles. The molecule has 7 nitrogen and oxygen atoms in total. The first-order chi connectivity index (χ1) is 14.4. The van der Waals surface area contributed by atoms with Crippen LogP contribution in [0.5, 0.6) is 0 Å². The monoisotopic (exact) mass is 426 g/mol. The van der Waals surface area contributed by atoms with Crippen molar-refractivity contribution >= 4 is 27.0 Å². The van der Waals surface area contributed by atoms with E-state index in [9.17, 15) is 13.2 Å². The van der Waals surface area contributed by atoms with Crippen molar-refractivity contribution in [3.8, 4) is 11.3 Å². The molecule has 1 aliphatic rings. The summed E-state index contributed by atoms with van der Waals surface area (Å²) in [4.78, 5) is 14.9. The third-order valence-electron chi connectivity index (χ3n) is 5.55. The number of para-hydroxylation sites is 1. The molecule has 30 heavy (non-hydrogen) atoms. The first-order valence-corrected chi connectivity index (χ1v) is 11.4. The van der Waals surface area contributed by atoms with Crippen molar-refractivity contribution < 1.29 is 13.2 Å². The van der Waals surface area contributed by atoms with Gasteiger partial charge in [0.15, 0.2) is 0 Å². The van der Waals surface area contributed by atoms with Gasteiger partial charge in [-0.3, -0.25) is 4.79 Å². The lowest BCUT2D eigenvalue weighted by atomic mass is 10.1. The van der Waals surface area contributed by atoms with Crippen molar-refractivity contribution in [1.82, 2.24) is 18.1 Å². The summed E-state index contributed by atoms with van der Waals surface area (Å²) in [5, 5.41) is 1.09. The van der Waals surface area contributed by atoms with E-state index in [0.29, 0.717) is 26.2 Å². The predicted octanol–water partition coefficient (Wildman–Crippen LogP) is 2.26. The van der Waals surface area contributed by atoms with Crippen molar-refractivity contribution in [2.45, 2.75) is 6.54 Å². The third-order valence-corrected chi connectivity index (χ3v) is 7.49. The summed E-state index contributed by atoms with van der Waals surface area (Å²) in [6.07, 6.45) is 0. The smallest absolute Gasteiger partial charge is 0.281 e. The quantitative estimate of drug-likeness (QED) is 0.629. The maximum absolute atomic E-state index is 13.1. The summed E-state index contributed by atoms with van der Waals surface area (Å²) in [6.45, 7) is 1.63. The number of nitrogens with zero attached hydrogens (tertiary/aromatic N) is 4. The minimum Gasteiger partial charge on any atom is -0.339 e. The van der Waals surface area contributed by atoms with Gasteiger partial charge < -0.3 is 9.47 Å². The highest BCUT2D eigenvalue weighted by atomic mass is 32.2. The van der Waals surface area contributed by atoms with Gasteiger partial charge in [-0.2, -0.15) is 17.0 Å². The molecule has 8 heteroatoms. The maximum atomic E-state index is 13.1. The second-order valence-corrected chi connectivity index (χ2v) is 9.75. The number of piperazine rings is 1. The van der Waals surface area contributed by atoms with Crippen LogP contribution >= 0.6 is 0 Å². The summed E-state index contributed by atoms with van der Waals surface area (Å²) in [7, 11) is -0.401. The number of carbonyl (C=O) groups excluding carboxylic acids is 1. The molecule has 0 bridgehead atoms. The van der Waals surface area contributed by atoms with Crippen LogP contribution in [0.15, 0.2) is 60.7 Å². The van der Waals surface area contributed by atoms with Crippen LogP contribution in [0.4, 0.5) is 0 Å². The van der Waals surface area contributed by atoms with Crippen molar-refractivity contribution in [2.24, 2.45) is 0 Å². The number of fused-ring (bicyclic) bond motifs is 1. The van der Waals surface area contributed by atoms with Crippen LogP contribution in [0.25, 0.3) is 22.2 Å². The Bertz CT molecular complexity index is 1150. The first-order valence-electron chi connectivity index (χ1n) is 9.97. The number of rotatable bonds is 5. The SMILES string of the molecule is CN(C)S(=O)(=O)N1CCN(C(=O)Cn2c(-c3ccccc3)cc3ccccc32)CC1. The van der Waals surface area contributed by atoms with Crippen molar-refractivity contribution in [3.63, 3.8) is 0 Å². The molecule has 158 valence electrons. The molecule has 0 unspecified atom stereocenters. The second-order valence-electron chi connectivity index (χ2n) is 7.61. The van der Waals surface area contributed by atoms with Gasteiger partial charge in [0.1, 0.15) is 6.54 Å². The Kier molecular flexibility index (Phi) is 5.64. The molecular formula is C22H26N4O3S. The first kappa shape index (κ1) is 20.6. The summed E-state index contributed by atoms with van der Waals surface area (Å²) in [5.41, 5.74) is 3.07. The molecule has 0 atom stereocenters. The van der Waals surface area contributed by atoms with Gasteiger partial charge in [0.05, 0.1) is 0 Å². The Morgan fingerprint density at radius 3 is 2.23 bits per heavy atom. The lowest BCUT2D eigenvalue weighted by Gasteiger charge is -2.35. The highest BCUT2D eigenvalue weighted by Gasteiger charge is 2.30. The summed E-state index contributed by atoms with van der Waals surface area (Å²) < 4.78 is 29.3. The zero-order valence-electron chi connectivity index (χ0n) is 17.2. The molecule has 0 spiro atoms. The Morgan fingerprint density at radius 1 is 0.933 bits per heavy atom. The van der Waals surface area contributed by atoms with Gasteiger partial charge >= 0.3 is 0 Å². The molecule has 1 aromatic heterocycles. The number of carbonyl (C=O) groups is 1. The Morgan fingerprint density at radius 2 is 1.57 bits per heavy atom. The second kappa shape index (κ2) is 8.22. The summed E-state index contributed by atoms with van der Waals surface area (Å²) in [6, 6.07) is 20.2. The average Bonchev–Trinajstić information content (AvgIpc) is 3.13. The van der Waals surface area contributed by atoms with Crippen LogP contribution in [0.1, 0.15) is 0 Å². The molecule has 4 rings (SSSR count). The third kappa shape index (κ3) is 3.86. The van der Waals surface area contributed by atoms with Gasteiger partial charge in [-0.15, -0.1) is 0 Å². The molecule has 2 heterocycles. The van der Waals surface area contributed by atoms with Crippen LogP contribution in [-0.4, -0.2) is 72.7 Å². The largest absolute Gasteiger partial charge is 0.339 e. The van der Waals surface area contributed by atoms with Gasteiger partial charge in [-0.25, -0.2) is 0 Å². The van der Waals surface area contributed by atoms with E-state index in [-0.39, 0.29) is 12.5 Å². The summed E-state index contributed by atoms with van der Waals surface area (Å²) >= 11 is 0. The fourth-order valence-corrected chi connectivity index (χ4v) is 4.95. The number of amides is 1. The van der Waals surface area contributed by atoms with Crippen LogP contribution < -0.4 is 0 Å². The molecular weight excluding hydrogens is 400 g/mol. The van der Waals surface area contributed by atoms with Gasteiger partial charge in [0.25, 0.3) is 10.2 Å². The average molecular weight is 427 g/mol. The van der Waals surface area contributed by atoms with Gasteiger partial charge in [-0.05, 0) is 17.7 Å². The number of benzene rings is 2. The number of aromatic nitrogens is 1. The van der Waals surface area contributed by atoms with Crippen LogP contribution in [0.2, 0.25) is 0 Å². The maximum Gasteiger partial charge on any atom is 0.281 e. The fourth-order valence-electron chi connectivity index (χ4n) is 3.86. The highest BCUT2D eigenvalue weighted by molar-refractivity contribution is 7.86. The number of hydrogen-bond donors (Lipinski definition) is 0. The normalized spacial score (nSPS) is 15.8. The molecule has 0 radical (unpaired) electrons. The van der Waals surface area contributed by atoms with Crippen molar-refractivity contribution in [2.75, 3.05) is 40.3 Å². The Labute approximate surface area is 177 Å². The minimum atomic E-state index is -3.45. The topological polar surface area (TPSA) is 65.9 Å². The van der Waals surface area contributed by atoms with E-state index in [1.165, 1.54) is 22.7 Å². The van der Waals surface area contributed by atoms with Gasteiger partial charge in [-0.1, -0.05) is 48.5 Å². The predicted molar refractivity (Wildman–Crippen MR) is 118 cm³/mol. The Hall–Kier alpha value is -2.68. The molecule has 0 saturated carbocycles. The zero-order chi connectivity index (χ0) is 21.3. The molecule has 1 aliphatic heterocycles. The van der Waals surface area contributed by atoms with E-state index in [4.69, 9.17) is 0 Å². The highest BCUT2D eigenvalue weighted by Crippen LogP contribution is 2.28. The molecule has 1 fully saturated rings. The molecule has 0 aliphatic carbocycles.